The molecule has 0 saturated carbocycles. The van der Waals surface area contributed by atoms with Crippen molar-refractivity contribution in [2.45, 2.75) is 0 Å². The summed E-state index contributed by atoms with van der Waals surface area (Å²) in [5, 5.41) is 2.15. The monoisotopic (exact) mass is 312 g/mol. The van der Waals surface area contributed by atoms with Crippen LogP contribution in [0.1, 0.15) is 5.56 Å². The van der Waals surface area contributed by atoms with Gasteiger partial charge in [-0.1, -0.05) is 0 Å². The van der Waals surface area contributed by atoms with Crippen LogP contribution in [0.25, 0.3) is 6.08 Å². The second kappa shape index (κ2) is 5.80. The van der Waals surface area contributed by atoms with E-state index in [4.69, 9.17) is 9.15 Å². The van der Waals surface area contributed by atoms with E-state index < -0.39 is 17.8 Å². The molecule has 1 aromatic heterocycles. The average molecular weight is 312 g/mol. The highest BCUT2D eigenvalue weighted by atomic mass is 16.5. The van der Waals surface area contributed by atoms with Crippen LogP contribution in [0.4, 0.5) is 10.5 Å². The Balaban J connectivity index is 1.98. The lowest BCUT2D eigenvalue weighted by atomic mass is 10.1. The summed E-state index contributed by atoms with van der Waals surface area (Å²) >= 11 is 0. The molecule has 1 fully saturated rings. The Kier molecular flexibility index (Phi) is 3.68. The third-order valence-corrected chi connectivity index (χ3v) is 3.29. The standard InChI is InChI=1S/C16H12N2O5/c1-22-12-4-2-11(3-5-12)18-15(20)13(14(19)17-16(18)21)8-10-6-7-23-9-10/h2-9H,1H3,(H,17,19,21). The van der Waals surface area contributed by atoms with Gasteiger partial charge in [-0.05, 0) is 36.4 Å². The van der Waals surface area contributed by atoms with E-state index in [1.54, 1.807) is 30.3 Å². The van der Waals surface area contributed by atoms with Crippen molar-refractivity contribution in [3.8, 4) is 5.75 Å². The SMILES string of the molecule is COc1ccc(N2C(=O)NC(=O)C(=Cc3ccoc3)C2=O)cc1. The molecule has 23 heavy (non-hydrogen) atoms. The molecule has 0 radical (unpaired) electrons. The van der Waals surface area contributed by atoms with E-state index in [1.807, 2.05) is 0 Å². The van der Waals surface area contributed by atoms with Crippen LogP contribution in [0.5, 0.6) is 5.75 Å². The van der Waals surface area contributed by atoms with Gasteiger partial charge >= 0.3 is 6.03 Å². The van der Waals surface area contributed by atoms with Crippen molar-refractivity contribution in [3.05, 3.63) is 54.0 Å². The van der Waals surface area contributed by atoms with Crippen molar-refractivity contribution in [1.29, 1.82) is 0 Å². The summed E-state index contributed by atoms with van der Waals surface area (Å²) in [6.07, 6.45) is 4.18. The first-order chi connectivity index (χ1) is 11.1. The predicted molar refractivity (Wildman–Crippen MR) is 80.7 cm³/mol. The normalized spacial score (nSPS) is 16.7. The molecule has 7 heteroatoms. The first kappa shape index (κ1) is 14.6. The van der Waals surface area contributed by atoms with E-state index in [2.05, 4.69) is 5.32 Å². The number of hydrogen-bond donors (Lipinski definition) is 1. The molecule has 3 rings (SSSR count). The number of urea groups is 1. The number of furan rings is 1. The first-order valence-corrected chi connectivity index (χ1v) is 6.68. The summed E-state index contributed by atoms with van der Waals surface area (Å²) < 4.78 is 9.94. The molecular weight excluding hydrogens is 300 g/mol. The van der Waals surface area contributed by atoms with Gasteiger partial charge in [0.25, 0.3) is 11.8 Å². The number of carbonyl (C=O) groups excluding carboxylic acids is 3. The van der Waals surface area contributed by atoms with Crippen LogP contribution >= 0.6 is 0 Å². The third kappa shape index (κ3) is 2.71. The minimum atomic E-state index is -0.797. The minimum absolute atomic E-state index is 0.151. The van der Waals surface area contributed by atoms with Gasteiger partial charge in [-0.3, -0.25) is 14.9 Å². The number of imide groups is 2. The van der Waals surface area contributed by atoms with Gasteiger partial charge in [0.1, 0.15) is 11.3 Å². The Morgan fingerprint density at radius 3 is 2.48 bits per heavy atom. The Labute approximate surface area is 131 Å². The Bertz CT molecular complexity index is 790. The number of nitrogens with zero attached hydrogens (tertiary/aromatic N) is 1. The van der Waals surface area contributed by atoms with Crippen molar-refractivity contribution in [2.24, 2.45) is 0 Å². The Hall–Kier alpha value is -3.35. The molecule has 0 unspecified atom stereocenters. The van der Waals surface area contributed by atoms with E-state index in [-0.39, 0.29) is 5.57 Å². The Morgan fingerprint density at radius 2 is 1.87 bits per heavy atom. The molecule has 1 saturated heterocycles. The molecule has 2 aromatic rings. The molecule has 0 aliphatic carbocycles. The van der Waals surface area contributed by atoms with Gasteiger partial charge < -0.3 is 9.15 Å². The van der Waals surface area contributed by atoms with E-state index in [0.29, 0.717) is 17.0 Å². The number of methoxy groups -OCH3 is 1. The van der Waals surface area contributed by atoms with Crippen LogP contribution < -0.4 is 15.0 Å². The van der Waals surface area contributed by atoms with E-state index in [0.717, 1.165) is 4.90 Å². The van der Waals surface area contributed by atoms with Crippen LogP contribution in [0.3, 0.4) is 0 Å². The number of hydrogen-bond acceptors (Lipinski definition) is 5. The second-order valence-electron chi connectivity index (χ2n) is 4.71. The predicted octanol–water partition coefficient (Wildman–Crippen LogP) is 1.95. The van der Waals surface area contributed by atoms with Gasteiger partial charge in [-0.2, -0.15) is 0 Å². The summed E-state index contributed by atoms with van der Waals surface area (Å²) in [7, 11) is 1.51. The second-order valence-corrected chi connectivity index (χ2v) is 4.71. The van der Waals surface area contributed by atoms with Crippen molar-refractivity contribution in [1.82, 2.24) is 5.32 Å². The maximum atomic E-state index is 12.5. The van der Waals surface area contributed by atoms with Gasteiger partial charge in [0.05, 0.1) is 25.3 Å². The average Bonchev–Trinajstić information content (AvgIpc) is 3.05. The molecule has 0 atom stereocenters. The highest BCUT2D eigenvalue weighted by Crippen LogP contribution is 2.24. The number of rotatable bonds is 3. The quantitative estimate of drug-likeness (QED) is 0.691. The van der Waals surface area contributed by atoms with Crippen LogP contribution in [0.2, 0.25) is 0 Å². The van der Waals surface area contributed by atoms with Gasteiger partial charge in [0.2, 0.25) is 0 Å². The Morgan fingerprint density at radius 1 is 1.13 bits per heavy atom. The highest BCUT2D eigenvalue weighted by molar-refractivity contribution is 6.39. The molecule has 4 amide bonds. The number of benzene rings is 1. The van der Waals surface area contributed by atoms with Gasteiger partial charge in [-0.15, -0.1) is 0 Å². The molecule has 2 heterocycles. The molecule has 0 spiro atoms. The maximum absolute atomic E-state index is 12.5. The van der Waals surface area contributed by atoms with E-state index in [1.165, 1.54) is 25.7 Å². The van der Waals surface area contributed by atoms with E-state index in [9.17, 15) is 14.4 Å². The maximum Gasteiger partial charge on any atom is 0.335 e. The fourth-order valence-corrected chi connectivity index (χ4v) is 2.15. The van der Waals surface area contributed by atoms with Crippen LogP contribution in [0, 0.1) is 0 Å². The topological polar surface area (TPSA) is 88.8 Å². The molecule has 1 N–H and O–H groups in total. The number of carbonyl (C=O) groups is 3. The van der Waals surface area contributed by atoms with Crippen molar-refractivity contribution < 1.29 is 23.5 Å². The van der Waals surface area contributed by atoms with Crippen LogP contribution in [-0.4, -0.2) is 25.0 Å². The molecule has 7 nitrogen and oxygen atoms in total. The van der Waals surface area contributed by atoms with Gasteiger partial charge in [0.15, 0.2) is 0 Å². The zero-order valence-corrected chi connectivity index (χ0v) is 12.1. The zero-order valence-electron chi connectivity index (χ0n) is 12.1. The van der Waals surface area contributed by atoms with Gasteiger partial charge in [-0.25, -0.2) is 9.69 Å². The number of nitrogens with one attached hydrogen (secondary N) is 1. The number of ether oxygens (including phenoxy) is 1. The lowest BCUT2D eigenvalue weighted by Crippen LogP contribution is -2.54. The summed E-state index contributed by atoms with van der Waals surface area (Å²) in [6, 6.07) is 7.15. The molecule has 1 aliphatic heterocycles. The van der Waals surface area contributed by atoms with Crippen LogP contribution in [-0.2, 0) is 9.59 Å². The fraction of sp³-hybridized carbons (Fsp3) is 0.0625. The highest BCUT2D eigenvalue weighted by Gasteiger charge is 2.36. The van der Waals surface area contributed by atoms with Gasteiger partial charge in [0, 0.05) is 5.56 Å². The zero-order chi connectivity index (χ0) is 16.4. The summed E-state index contributed by atoms with van der Waals surface area (Å²) in [6.45, 7) is 0. The molecular formula is C16H12N2O5. The lowest BCUT2D eigenvalue weighted by Gasteiger charge is -2.26. The third-order valence-electron chi connectivity index (χ3n) is 3.29. The molecule has 1 aromatic carbocycles. The number of anilines is 1. The first-order valence-electron chi connectivity index (χ1n) is 6.68. The van der Waals surface area contributed by atoms with Crippen molar-refractivity contribution in [3.63, 3.8) is 0 Å². The summed E-state index contributed by atoms with van der Waals surface area (Å²) in [5.41, 5.74) is 0.730. The molecule has 0 bridgehead atoms. The van der Waals surface area contributed by atoms with Crippen LogP contribution in [0.15, 0.2) is 52.8 Å². The molecule has 1 aliphatic rings. The number of amides is 4. The molecule has 116 valence electrons. The van der Waals surface area contributed by atoms with E-state index >= 15 is 0 Å². The van der Waals surface area contributed by atoms with Crippen molar-refractivity contribution in [2.75, 3.05) is 12.0 Å². The summed E-state index contributed by atoms with van der Waals surface area (Å²) in [5.74, 6) is -0.861. The lowest BCUT2D eigenvalue weighted by molar-refractivity contribution is -0.122. The number of barbiturate groups is 1. The van der Waals surface area contributed by atoms with Crippen molar-refractivity contribution >= 4 is 29.6 Å². The minimum Gasteiger partial charge on any atom is -0.497 e. The fourth-order valence-electron chi connectivity index (χ4n) is 2.15. The summed E-state index contributed by atoms with van der Waals surface area (Å²) in [4.78, 5) is 37.4. The smallest absolute Gasteiger partial charge is 0.335 e. The largest absolute Gasteiger partial charge is 0.497 e.